The van der Waals surface area contributed by atoms with E-state index in [1.54, 1.807) is 7.11 Å². The number of rotatable bonds is 5. The quantitative estimate of drug-likeness (QED) is 0.830. The summed E-state index contributed by atoms with van der Waals surface area (Å²) in [7, 11) is 1.64. The SMILES string of the molecule is CCOc1cccc(/C=C/C(C)N)c1OC. The van der Waals surface area contributed by atoms with E-state index >= 15 is 0 Å². The first-order valence-corrected chi connectivity index (χ1v) is 5.42. The van der Waals surface area contributed by atoms with Gasteiger partial charge < -0.3 is 15.2 Å². The molecule has 0 aliphatic rings. The molecular formula is C13H19NO2. The van der Waals surface area contributed by atoms with Gasteiger partial charge in [0.15, 0.2) is 11.5 Å². The van der Waals surface area contributed by atoms with Gasteiger partial charge in [0.1, 0.15) is 0 Å². The average molecular weight is 221 g/mol. The molecule has 1 aromatic carbocycles. The maximum Gasteiger partial charge on any atom is 0.167 e. The second kappa shape index (κ2) is 6.18. The van der Waals surface area contributed by atoms with Crippen molar-refractivity contribution < 1.29 is 9.47 Å². The van der Waals surface area contributed by atoms with Gasteiger partial charge >= 0.3 is 0 Å². The van der Waals surface area contributed by atoms with Crippen LogP contribution in [0.4, 0.5) is 0 Å². The third kappa shape index (κ3) is 3.28. The van der Waals surface area contributed by atoms with Crippen LogP contribution in [0.15, 0.2) is 24.3 Å². The molecule has 0 radical (unpaired) electrons. The van der Waals surface area contributed by atoms with E-state index in [4.69, 9.17) is 15.2 Å². The van der Waals surface area contributed by atoms with Crippen LogP contribution in [0.3, 0.4) is 0 Å². The van der Waals surface area contributed by atoms with Crippen LogP contribution in [-0.4, -0.2) is 19.8 Å². The third-order valence-corrected chi connectivity index (χ3v) is 2.09. The van der Waals surface area contributed by atoms with Gasteiger partial charge in [-0.05, 0) is 19.9 Å². The van der Waals surface area contributed by atoms with E-state index in [1.807, 2.05) is 44.2 Å². The summed E-state index contributed by atoms with van der Waals surface area (Å²) in [6.45, 7) is 4.50. The molecule has 0 bridgehead atoms. The number of para-hydroxylation sites is 1. The molecule has 3 nitrogen and oxygen atoms in total. The maximum absolute atomic E-state index is 5.67. The van der Waals surface area contributed by atoms with Crippen LogP contribution in [0.1, 0.15) is 19.4 Å². The van der Waals surface area contributed by atoms with Crippen molar-refractivity contribution >= 4 is 6.08 Å². The van der Waals surface area contributed by atoms with Crippen LogP contribution in [-0.2, 0) is 0 Å². The molecule has 1 rings (SSSR count). The summed E-state index contributed by atoms with van der Waals surface area (Å²) in [4.78, 5) is 0. The number of hydrogen-bond acceptors (Lipinski definition) is 3. The monoisotopic (exact) mass is 221 g/mol. The number of ether oxygens (including phenoxy) is 2. The Balaban J connectivity index is 3.03. The van der Waals surface area contributed by atoms with Crippen molar-refractivity contribution in [2.24, 2.45) is 5.73 Å². The summed E-state index contributed by atoms with van der Waals surface area (Å²) < 4.78 is 10.8. The molecule has 0 heterocycles. The van der Waals surface area contributed by atoms with Gasteiger partial charge in [0, 0.05) is 11.6 Å². The fourth-order valence-corrected chi connectivity index (χ4v) is 1.41. The highest BCUT2D eigenvalue weighted by atomic mass is 16.5. The Morgan fingerprint density at radius 3 is 2.75 bits per heavy atom. The van der Waals surface area contributed by atoms with Crippen molar-refractivity contribution in [3.63, 3.8) is 0 Å². The first-order valence-electron chi connectivity index (χ1n) is 5.42. The Labute approximate surface area is 96.9 Å². The minimum absolute atomic E-state index is 0.0282. The molecule has 1 unspecified atom stereocenters. The van der Waals surface area contributed by atoms with Gasteiger partial charge in [0.25, 0.3) is 0 Å². The lowest BCUT2D eigenvalue weighted by Gasteiger charge is -2.11. The van der Waals surface area contributed by atoms with Crippen LogP contribution in [0.25, 0.3) is 6.08 Å². The molecule has 0 aliphatic carbocycles. The Kier molecular flexibility index (Phi) is 4.86. The van der Waals surface area contributed by atoms with Crippen LogP contribution in [0.5, 0.6) is 11.5 Å². The van der Waals surface area contributed by atoms with Gasteiger partial charge in [-0.25, -0.2) is 0 Å². The second-order valence-corrected chi connectivity index (χ2v) is 3.53. The van der Waals surface area contributed by atoms with E-state index in [9.17, 15) is 0 Å². The van der Waals surface area contributed by atoms with Gasteiger partial charge in [-0.2, -0.15) is 0 Å². The Morgan fingerprint density at radius 2 is 2.19 bits per heavy atom. The molecule has 0 amide bonds. The van der Waals surface area contributed by atoms with Crippen LogP contribution >= 0.6 is 0 Å². The lowest BCUT2D eigenvalue weighted by Crippen LogP contribution is -2.10. The minimum Gasteiger partial charge on any atom is -0.492 e. The molecular weight excluding hydrogens is 202 g/mol. The van der Waals surface area contributed by atoms with Crippen molar-refractivity contribution in [3.8, 4) is 11.5 Å². The van der Waals surface area contributed by atoms with Gasteiger partial charge in [0.2, 0.25) is 0 Å². The molecule has 0 spiro atoms. The van der Waals surface area contributed by atoms with Gasteiger partial charge in [0.05, 0.1) is 13.7 Å². The lowest BCUT2D eigenvalue weighted by molar-refractivity contribution is 0.310. The summed E-state index contributed by atoms with van der Waals surface area (Å²) in [6, 6.07) is 5.83. The summed E-state index contributed by atoms with van der Waals surface area (Å²) in [5.41, 5.74) is 6.65. The summed E-state index contributed by atoms with van der Waals surface area (Å²) in [5, 5.41) is 0. The largest absolute Gasteiger partial charge is 0.492 e. The molecule has 0 aliphatic heterocycles. The van der Waals surface area contributed by atoms with Crippen molar-refractivity contribution in [3.05, 3.63) is 29.8 Å². The van der Waals surface area contributed by atoms with E-state index in [0.29, 0.717) is 6.61 Å². The standard InChI is InChI=1S/C13H19NO2/c1-4-16-12-7-5-6-11(13(12)15-3)9-8-10(2)14/h5-10H,4,14H2,1-3H3/b9-8+. The number of methoxy groups -OCH3 is 1. The smallest absolute Gasteiger partial charge is 0.167 e. The van der Waals surface area contributed by atoms with Gasteiger partial charge in [-0.15, -0.1) is 0 Å². The van der Waals surface area contributed by atoms with E-state index in [2.05, 4.69) is 0 Å². The first-order chi connectivity index (χ1) is 7.69. The Bertz CT molecular complexity index is 359. The highest BCUT2D eigenvalue weighted by molar-refractivity contribution is 5.62. The summed E-state index contributed by atoms with van der Waals surface area (Å²) in [6.07, 6.45) is 3.87. The summed E-state index contributed by atoms with van der Waals surface area (Å²) >= 11 is 0. The van der Waals surface area contributed by atoms with Crippen molar-refractivity contribution in [1.29, 1.82) is 0 Å². The highest BCUT2D eigenvalue weighted by Crippen LogP contribution is 2.31. The zero-order valence-corrected chi connectivity index (χ0v) is 10.1. The number of benzene rings is 1. The van der Waals surface area contributed by atoms with Crippen LogP contribution < -0.4 is 15.2 Å². The molecule has 16 heavy (non-hydrogen) atoms. The normalized spacial score (nSPS) is 12.8. The van der Waals surface area contributed by atoms with E-state index in [-0.39, 0.29) is 6.04 Å². The second-order valence-electron chi connectivity index (χ2n) is 3.53. The van der Waals surface area contributed by atoms with Crippen molar-refractivity contribution in [2.45, 2.75) is 19.9 Å². The molecule has 1 atom stereocenters. The fraction of sp³-hybridized carbons (Fsp3) is 0.385. The Morgan fingerprint density at radius 1 is 1.44 bits per heavy atom. The third-order valence-electron chi connectivity index (χ3n) is 2.09. The molecule has 2 N–H and O–H groups in total. The molecule has 0 saturated carbocycles. The zero-order chi connectivity index (χ0) is 12.0. The maximum atomic E-state index is 5.67. The predicted molar refractivity (Wildman–Crippen MR) is 66.8 cm³/mol. The molecule has 0 fully saturated rings. The molecule has 0 saturated heterocycles. The first kappa shape index (κ1) is 12.6. The topological polar surface area (TPSA) is 44.5 Å². The van der Waals surface area contributed by atoms with E-state index in [1.165, 1.54) is 0 Å². The van der Waals surface area contributed by atoms with Crippen molar-refractivity contribution in [2.75, 3.05) is 13.7 Å². The molecule has 1 aromatic rings. The lowest BCUT2D eigenvalue weighted by atomic mass is 10.1. The Hall–Kier alpha value is -1.48. The van der Waals surface area contributed by atoms with Crippen molar-refractivity contribution in [1.82, 2.24) is 0 Å². The molecule has 3 heteroatoms. The molecule has 0 aromatic heterocycles. The number of nitrogens with two attached hydrogens (primary N) is 1. The van der Waals surface area contributed by atoms with Gasteiger partial charge in [-0.3, -0.25) is 0 Å². The van der Waals surface area contributed by atoms with E-state index < -0.39 is 0 Å². The average Bonchev–Trinajstić information content (AvgIpc) is 2.27. The van der Waals surface area contributed by atoms with E-state index in [0.717, 1.165) is 17.1 Å². The zero-order valence-electron chi connectivity index (χ0n) is 10.1. The van der Waals surface area contributed by atoms with Gasteiger partial charge in [-0.1, -0.05) is 24.3 Å². The number of hydrogen-bond donors (Lipinski definition) is 1. The highest BCUT2D eigenvalue weighted by Gasteiger charge is 2.07. The fourth-order valence-electron chi connectivity index (χ4n) is 1.41. The van der Waals surface area contributed by atoms with Crippen LogP contribution in [0.2, 0.25) is 0 Å². The summed E-state index contributed by atoms with van der Waals surface area (Å²) in [5.74, 6) is 1.51. The predicted octanol–water partition coefficient (Wildman–Crippen LogP) is 2.45. The minimum atomic E-state index is 0.0282. The van der Waals surface area contributed by atoms with Crippen LogP contribution in [0, 0.1) is 0 Å². The molecule has 88 valence electrons.